The van der Waals surface area contributed by atoms with Gasteiger partial charge in [0.05, 0.1) is 23.1 Å². The summed E-state index contributed by atoms with van der Waals surface area (Å²) in [5.41, 5.74) is 6.94. The first-order valence-corrected chi connectivity index (χ1v) is 6.77. The number of hydrogen-bond acceptors (Lipinski definition) is 4. The van der Waals surface area contributed by atoms with Gasteiger partial charge in [-0.25, -0.2) is 0 Å². The van der Waals surface area contributed by atoms with Gasteiger partial charge in [0, 0.05) is 13.1 Å². The smallest absolute Gasteiger partial charge is 0.144 e. The Hall–Kier alpha value is -1.42. The Balaban J connectivity index is 3.04. The largest absolute Gasteiger partial charge is 0.489 e. The van der Waals surface area contributed by atoms with E-state index < -0.39 is 5.60 Å². The molecular weight excluding hydrogens is 240 g/mol. The number of rotatable bonds is 6. The molecule has 3 N–H and O–H groups in total. The molecule has 0 atom stereocenters. The number of para-hydroxylation sites is 1. The van der Waals surface area contributed by atoms with E-state index in [0.717, 1.165) is 12.2 Å². The first kappa shape index (κ1) is 15.6. The molecule has 0 aliphatic heterocycles. The second kappa shape index (κ2) is 6.15. The molecule has 1 rings (SSSR count). The molecule has 0 radical (unpaired) electrons. The topological polar surface area (TPSA) is 58.7 Å². The maximum atomic E-state index is 9.97. The van der Waals surface area contributed by atoms with Gasteiger partial charge in [-0.2, -0.15) is 0 Å². The van der Waals surface area contributed by atoms with E-state index in [-0.39, 0.29) is 6.10 Å². The standard InChI is InChI=1S/C15H26N2O2/c1-6-17(10-15(4,5)18)12-8-7-9-13(14(12)16)19-11(2)3/h7-9,11,18H,6,10,16H2,1-5H3. The van der Waals surface area contributed by atoms with Crippen molar-refractivity contribution in [3.63, 3.8) is 0 Å². The minimum atomic E-state index is -0.767. The molecule has 0 bridgehead atoms. The SMILES string of the molecule is CCN(CC(C)(C)O)c1cccc(OC(C)C)c1N. The Bertz CT molecular complexity index is 411. The molecule has 108 valence electrons. The summed E-state index contributed by atoms with van der Waals surface area (Å²) >= 11 is 0. The summed E-state index contributed by atoms with van der Waals surface area (Å²) in [5, 5.41) is 9.97. The zero-order chi connectivity index (χ0) is 14.6. The van der Waals surface area contributed by atoms with E-state index in [1.165, 1.54) is 0 Å². The average Bonchev–Trinajstić information content (AvgIpc) is 2.27. The van der Waals surface area contributed by atoms with E-state index in [4.69, 9.17) is 10.5 Å². The summed E-state index contributed by atoms with van der Waals surface area (Å²) in [7, 11) is 0. The third kappa shape index (κ3) is 4.63. The molecule has 0 heterocycles. The average molecular weight is 266 g/mol. The quantitative estimate of drug-likeness (QED) is 0.777. The van der Waals surface area contributed by atoms with Crippen LogP contribution >= 0.6 is 0 Å². The van der Waals surface area contributed by atoms with Crippen LogP contribution in [0.15, 0.2) is 18.2 Å². The molecule has 4 heteroatoms. The van der Waals surface area contributed by atoms with E-state index in [9.17, 15) is 5.11 Å². The van der Waals surface area contributed by atoms with Crippen molar-refractivity contribution in [2.45, 2.75) is 46.3 Å². The molecule has 1 aromatic rings. The van der Waals surface area contributed by atoms with E-state index in [2.05, 4.69) is 4.90 Å². The zero-order valence-electron chi connectivity index (χ0n) is 12.6. The van der Waals surface area contributed by atoms with Gasteiger partial charge in [0.1, 0.15) is 5.75 Å². The number of anilines is 2. The molecule has 19 heavy (non-hydrogen) atoms. The van der Waals surface area contributed by atoms with Crippen LogP contribution < -0.4 is 15.4 Å². The molecule has 0 aromatic heterocycles. The molecule has 0 aliphatic rings. The van der Waals surface area contributed by atoms with Gasteiger partial charge in [0.15, 0.2) is 0 Å². The fraction of sp³-hybridized carbons (Fsp3) is 0.600. The number of hydrogen-bond donors (Lipinski definition) is 2. The number of ether oxygens (including phenoxy) is 1. The predicted molar refractivity (Wildman–Crippen MR) is 80.8 cm³/mol. The van der Waals surface area contributed by atoms with Gasteiger partial charge in [-0.05, 0) is 46.8 Å². The Labute approximate surface area is 116 Å². The lowest BCUT2D eigenvalue weighted by atomic mass is 10.1. The van der Waals surface area contributed by atoms with Gasteiger partial charge in [-0.1, -0.05) is 6.07 Å². The van der Waals surface area contributed by atoms with Gasteiger partial charge < -0.3 is 20.5 Å². The van der Waals surface area contributed by atoms with Crippen LogP contribution in [0.2, 0.25) is 0 Å². The first-order valence-electron chi connectivity index (χ1n) is 6.77. The summed E-state index contributed by atoms with van der Waals surface area (Å²) in [5.74, 6) is 0.696. The summed E-state index contributed by atoms with van der Waals surface area (Å²) in [4.78, 5) is 2.06. The van der Waals surface area contributed by atoms with E-state index in [1.54, 1.807) is 13.8 Å². The molecule has 0 fully saturated rings. The Morgan fingerprint density at radius 3 is 2.47 bits per heavy atom. The lowest BCUT2D eigenvalue weighted by molar-refractivity contribution is 0.0876. The lowest BCUT2D eigenvalue weighted by Gasteiger charge is -2.31. The van der Waals surface area contributed by atoms with Crippen LogP contribution in [0.1, 0.15) is 34.6 Å². The zero-order valence-corrected chi connectivity index (χ0v) is 12.6. The third-order valence-corrected chi connectivity index (χ3v) is 2.71. The Morgan fingerprint density at radius 1 is 1.37 bits per heavy atom. The van der Waals surface area contributed by atoms with E-state index in [0.29, 0.717) is 18.0 Å². The van der Waals surface area contributed by atoms with Gasteiger partial charge in [-0.3, -0.25) is 0 Å². The molecule has 4 nitrogen and oxygen atoms in total. The first-order chi connectivity index (χ1) is 8.74. The maximum Gasteiger partial charge on any atom is 0.144 e. The minimum Gasteiger partial charge on any atom is -0.489 e. The fourth-order valence-electron chi connectivity index (χ4n) is 2.00. The molecule has 0 saturated carbocycles. The highest BCUT2D eigenvalue weighted by atomic mass is 16.5. The minimum absolute atomic E-state index is 0.0851. The number of benzene rings is 1. The number of nitrogens with zero attached hydrogens (tertiary/aromatic N) is 1. The number of nitrogen functional groups attached to an aromatic ring is 1. The molecular formula is C15H26N2O2. The Kier molecular flexibility index (Phi) is 5.06. The summed E-state index contributed by atoms with van der Waals surface area (Å²) in [6.45, 7) is 10.9. The summed E-state index contributed by atoms with van der Waals surface area (Å²) < 4.78 is 5.70. The second-order valence-corrected chi connectivity index (χ2v) is 5.68. The number of likely N-dealkylation sites (N-methyl/N-ethyl adjacent to an activating group) is 1. The van der Waals surface area contributed by atoms with Crippen LogP contribution in [0, 0.1) is 0 Å². The third-order valence-electron chi connectivity index (χ3n) is 2.71. The van der Waals surface area contributed by atoms with Crippen LogP contribution in [-0.2, 0) is 0 Å². The fourth-order valence-corrected chi connectivity index (χ4v) is 2.00. The lowest BCUT2D eigenvalue weighted by Crippen LogP contribution is -2.39. The molecule has 0 aliphatic carbocycles. The van der Waals surface area contributed by atoms with Gasteiger partial charge in [-0.15, -0.1) is 0 Å². The van der Waals surface area contributed by atoms with Crippen LogP contribution in [0.5, 0.6) is 5.75 Å². The van der Waals surface area contributed by atoms with Crippen molar-refractivity contribution in [3.05, 3.63) is 18.2 Å². The highest BCUT2D eigenvalue weighted by Gasteiger charge is 2.20. The Morgan fingerprint density at radius 2 is 2.00 bits per heavy atom. The predicted octanol–water partition coefficient (Wildman–Crippen LogP) is 2.65. The van der Waals surface area contributed by atoms with Crippen molar-refractivity contribution in [1.29, 1.82) is 0 Å². The highest BCUT2D eigenvalue weighted by molar-refractivity contribution is 5.74. The monoisotopic (exact) mass is 266 g/mol. The van der Waals surface area contributed by atoms with Crippen molar-refractivity contribution in [1.82, 2.24) is 0 Å². The van der Waals surface area contributed by atoms with E-state index in [1.807, 2.05) is 39.0 Å². The molecule has 0 saturated heterocycles. The van der Waals surface area contributed by atoms with E-state index >= 15 is 0 Å². The maximum absolute atomic E-state index is 9.97. The van der Waals surface area contributed by atoms with Crippen LogP contribution in [0.4, 0.5) is 11.4 Å². The summed E-state index contributed by atoms with van der Waals surface area (Å²) in [6.07, 6.45) is 0.0851. The summed E-state index contributed by atoms with van der Waals surface area (Å²) in [6, 6.07) is 5.75. The molecule has 1 aromatic carbocycles. The van der Waals surface area contributed by atoms with Crippen molar-refractivity contribution in [2.75, 3.05) is 23.7 Å². The number of aliphatic hydroxyl groups is 1. The number of nitrogens with two attached hydrogens (primary N) is 1. The van der Waals surface area contributed by atoms with Crippen molar-refractivity contribution in [3.8, 4) is 5.75 Å². The van der Waals surface area contributed by atoms with Crippen molar-refractivity contribution < 1.29 is 9.84 Å². The van der Waals surface area contributed by atoms with Crippen LogP contribution in [0.25, 0.3) is 0 Å². The van der Waals surface area contributed by atoms with Crippen LogP contribution in [0.3, 0.4) is 0 Å². The highest BCUT2D eigenvalue weighted by Crippen LogP contribution is 2.33. The second-order valence-electron chi connectivity index (χ2n) is 5.68. The van der Waals surface area contributed by atoms with Gasteiger partial charge in [0.2, 0.25) is 0 Å². The normalized spacial score (nSPS) is 11.7. The van der Waals surface area contributed by atoms with Gasteiger partial charge in [0.25, 0.3) is 0 Å². The van der Waals surface area contributed by atoms with Crippen molar-refractivity contribution >= 4 is 11.4 Å². The van der Waals surface area contributed by atoms with Gasteiger partial charge >= 0.3 is 0 Å². The molecule has 0 unspecified atom stereocenters. The van der Waals surface area contributed by atoms with Crippen molar-refractivity contribution in [2.24, 2.45) is 0 Å². The molecule has 0 amide bonds. The van der Waals surface area contributed by atoms with Crippen LogP contribution in [-0.4, -0.2) is 29.9 Å². The molecule has 0 spiro atoms.